The van der Waals surface area contributed by atoms with Crippen LogP contribution in [0.2, 0.25) is 0 Å². The second kappa shape index (κ2) is 10.8. The SMILES string of the molecule is c1ccc(-c2nc(-c3ccccc3)c3c(n2)c2ccccc2n2c4cc(-c5ccc6c7ccccc7c7ccccc7c6c5)ccc4nc32)cc1. The smallest absolute Gasteiger partial charge is 0.160 e. The van der Waals surface area contributed by atoms with E-state index in [1.165, 1.54) is 37.9 Å². The van der Waals surface area contributed by atoms with E-state index in [1.54, 1.807) is 0 Å². The van der Waals surface area contributed by atoms with Crippen LogP contribution in [0.4, 0.5) is 0 Å². The highest BCUT2D eigenvalue weighted by atomic mass is 15.0. The molecular formula is C47H28N4. The van der Waals surface area contributed by atoms with E-state index in [0.717, 1.165) is 60.9 Å². The lowest BCUT2D eigenvalue weighted by Gasteiger charge is -2.14. The van der Waals surface area contributed by atoms with Crippen LogP contribution in [0.1, 0.15) is 0 Å². The summed E-state index contributed by atoms with van der Waals surface area (Å²) in [6.45, 7) is 0. The van der Waals surface area contributed by atoms with Crippen molar-refractivity contribution in [1.82, 2.24) is 19.4 Å². The molecule has 11 aromatic rings. The minimum atomic E-state index is 0.700. The van der Waals surface area contributed by atoms with E-state index in [2.05, 4.69) is 150 Å². The van der Waals surface area contributed by atoms with Crippen LogP contribution >= 0.6 is 0 Å². The Bertz CT molecular complexity index is 3150. The van der Waals surface area contributed by atoms with Crippen LogP contribution in [0, 0.1) is 0 Å². The summed E-state index contributed by atoms with van der Waals surface area (Å²) in [6.07, 6.45) is 0. The first kappa shape index (κ1) is 28.0. The van der Waals surface area contributed by atoms with E-state index in [9.17, 15) is 0 Å². The predicted octanol–water partition coefficient (Wildman–Crippen LogP) is 12.0. The highest BCUT2D eigenvalue weighted by Crippen LogP contribution is 2.40. The highest BCUT2D eigenvalue weighted by molar-refractivity contribution is 6.26. The van der Waals surface area contributed by atoms with Crippen molar-refractivity contribution in [2.24, 2.45) is 0 Å². The lowest BCUT2D eigenvalue weighted by molar-refractivity contribution is 1.22. The van der Waals surface area contributed by atoms with Crippen LogP contribution in [-0.2, 0) is 0 Å². The maximum absolute atomic E-state index is 5.32. The van der Waals surface area contributed by atoms with Gasteiger partial charge in [0.1, 0.15) is 5.65 Å². The molecule has 0 unspecified atom stereocenters. The Morgan fingerprint density at radius 1 is 0.353 bits per heavy atom. The third-order valence-corrected chi connectivity index (χ3v) is 10.3. The Kier molecular flexibility index (Phi) is 5.92. The molecule has 0 saturated carbocycles. The number of hydrogen-bond donors (Lipinski definition) is 0. The number of imidazole rings is 1. The lowest BCUT2D eigenvalue weighted by Crippen LogP contribution is -2.00. The number of hydrogen-bond acceptors (Lipinski definition) is 3. The summed E-state index contributed by atoms with van der Waals surface area (Å²) in [5.41, 5.74) is 10.00. The molecule has 0 saturated heterocycles. The minimum absolute atomic E-state index is 0.700. The molecule has 236 valence electrons. The van der Waals surface area contributed by atoms with Gasteiger partial charge in [-0.15, -0.1) is 0 Å². The molecule has 0 radical (unpaired) electrons. The zero-order valence-corrected chi connectivity index (χ0v) is 27.5. The average Bonchev–Trinajstić information content (AvgIpc) is 3.60. The molecule has 3 aromatic heterocycles. The number of fused-ring (bicyclic) bond motifs is 14. The molecule has 0 bridgehead atoms. The maximum atomic E-state index is 5.32. The molecule has 51 heavy (non-hydrogen) atoms. The average molecular weight is 649 g/mol. The summed E-state index contributed by atoms with van der Waals surface area (Å²) in [6, 6.07) is 60.2. The second-order valence-corrected chi connectivity index (χ2v) is 13.2. The van der Waals surface area contributed by atoms with E-state index in [1.807, 2.05) is 24.3 Å². The topological polar surface area (TPSA) is 43.1 Å². The quantitative estimate of drug-likeness (QED) is 0.179. The monoisotopic (exact) mass is 648 g/mol. The largest absolute Gasteiger partial charge is 0.291 e. The van der Waals surface area contributed by atoms with Gasteiger partial charge in [-0.1, -0.05) is 146 Å². The van der Waals surface area contributed by atoms with Crippen molar-refractivity contribution in [2.45, 2.75) is 0 Å². The van der Waals surface area contributed by atoms with Gasteiger partial charge >= 0.3 is 0 Å². The third-order valence-electron chi connectivity index (χ3n) is 10.3. The van der Waals surface area contributed by atoms with Gasteiger partial charge in [0.25, 0.3) is 0 Å². The highest BCUT2D eigenvalue weighted by Gasteiger charge is 2.21. The molecule has 4 nitrogen and oxygen atoms in total. The summed E-state index contributed by atoms with van der Waals surface area (Å²) in [5, 5.41) is 9.64. The molecule has 0 aliphatic rings. The molecule has 0 spiro atoms. The molecule has 0 atom stereocenters. The normalized spacial score (nSPS) is 11.9. The number of para-hydroxylation sites is 1. The molecule has 0 aliphatic heterocycles. The van der Waals surface area contributed by atoms with E-state index >= 15 is 0 Å². The van der Waals surface area contributed by atoms with Crippen LogP contribution in [0.3, 0.4) is 0 Å². The molecule has 0 fully saturated rings. The zero-order valence-electron chi connectivity index (χ0n) is 27.5. The van der Waals surface area contributed by atoms with E-state index in [0.29, 0.717) is 5.82 Å². The van der Waals surface area contributed by atoms with Crippen LogP contribution in [0.5, 0.6) is 0 Å². The number of aromatic nitrogens is 4. The first-order valence-corrected chi connectivity index (χ1v) is 17.3. The maximum Gasteiger partial charge on any atom is 0.160 e. The zero-order chi connectivity index (χ0) is 33.5. The number of benzene rings is 8. The Hall–Kier alpha value is -6.91. The number of rotatable bonds is 3. The fourth-order valence-corrected chi connectivity index (χ4v) is 8.01. The van der Waals surface area contributed by atoms with Crippen molar-refractivity contribution < 1.29 is 0 Å². The summed E-state index contributed by atoms with van der Waals surface area (Å²) in [7, 11) is 0. The molecule has 8 aromatic carbocycles. The van der Waals surface area contributed by atoms with Crippen molar-refractivity contribution in [3.63, 3.8) is 0 Å². The molecule has 0 amide bonds. The Labute approximate surface area is 292 Å². The molecule has 4 heteroatoms. The van der Waals surface area contributed by atoms with Crippen molar-refractivity contribution in [3.05, 3.63) is 170 Å². The summed E-state index contributed by atoms with van der Waals surface area (Å²) >= 11 is 0. The van der Waals surface area contributed by atoms with Crippen LogP contribution in [0.15, 0.2) is 170 Å². The summed E-state index contributed by atoms with van der Waals surface area (Å²) in [4.78, 5) is 15.8. The molecule has 11 rings (SSSR count). The van der Waals surface area contributed by atoms with Gasteiger partial charge in [-0.25, -0.2) is 15.0 Å². The molecular weight excluding hydrogens is 621 g/mol. The molecule has 0 aliphatic carbocycles. The minimum Gasteiger partial charge on any atom is -0.291 e. The van der Waals surface area contributed by atoms with Crippen molar-refractivity contribution >= 4 is 70.8 Å². The van der Waals surface area contributed by atoms with E-state index in [4.69, 9.17) is 15.0 Å². The van der Waals surface area contributed by atoms with Crippen molar-refractivity contribution in [3.8, 4) is 33.8 Å². The van der Waals surface area contributed by atoms with Crippen LogP contribution < -0.4 is 0 Å². The molecule has 3 heterocycles. The standard InChI is InChI=1S/C47H28N4/c1-3-13-29(14-4-1)44-43-45(50-46(49-44)30-15-5-2-6-16-30)38-21-11-12-22-41(38)51-42-28-32(24-26-40(42)48-47(43)51)31-23-25-37-35-19-8-7-17-33(35)34-18-9-10-20-36(34)39(37)27-31/h1-28H. The predicted molar refractivity (Wildman–Crippen MR) is 212 cm³/mol. The van der Waals surface area contributed by atoms with E-state index < -0.39 is 0 Å². The van der Waals surface area contributed by atoms with Gasteiger partial charge in [0.15, 0.2) is 5.82 Å². The van der Waals surface area contributed by atoms with Gasteiger partial charge in [-0.05, 0) is 67.7 Å². The van der Waals surface area contributed by atoms with E-state index in [-0.39, 0.29) is 0 Å². The Morgan fingerprint density at radius 3 is 1.61 bits per heavy atom. The third kappa shape index (κ3) is 4.17. The summed E-state index contributed by atoms with van der Waals surface area (Å²) in [5.74, 6) is 0.700. The first-order chi connectivity index (χ1) is 25.3. The van der Waals surface area contributed by atoms with Gasteiger partial charge in [-0.3, -0.25) is 4.40 Å². The number of nitrogens with zero attached hydrogens (tertiary/aromatic N) is 4. The Morgan fingerprint density at radius 2 is 0.902 bits per heavy atom. The van der Waals surface area contributed by atoms with Crippen molar-refractivity contribution in [1.29, 1.82) is 0 Å². The lowest BCUT2D eigenvalue weighted by atomic mass is 9.92. The second-order valence-electron chi connectivity index (χ2n) is 13.2. The summed E-state index contributed by atoms with van der Waals surface area (Å²) < 4.78 is 2.30. The van der Waals surface area contributed by atoms with Gasteiger partial charge in [0.05, 0.1) is 33.1 Å². The van der Waals surface area contributed by atoms with Gasteiger partial charge in [-0.2, -0.15) is 0 Å². The first-order valence-electron chi connectivity index (χ1n) is 17.3. The van der Waals surface area contributed by atoms with Gasteiger partial charge in [0.2, 0.25) is 0 Å². The Balaban J connectivity index is 1.21. The fraction of sp³-hybridized carbons (Fsp3) is 0. The molecule has 0 N–H and O–H groups in total. The van der Waals surface area contributed by atoms with Gasteiger partial charge < -0.3 is 0 Å². The van der Waals surface area contributed by atoms with Gasteiger partial charge in [0, 0.05) is 16.5 Å². The fourth-order valence-electron chi connectivity index (χ4n) is 8.01. The van der Waals surface area contributed by atoms with Crippen molar-refractivity contribution in [2.75, 3.05) is 0 Å². The number of pyridine rings is 1. The van der Waals surface area contributed by atoms with Crippen LogP contribution in [-0.4, -0.2) is 19.4 Å². The van der Waals surface area contributed by atoms with Crippen LogP contribution in [0.25, 0.3) is 105 Å².